The standard InChI is InChI=1S/C19H22N4OS/c1-13-20-15(12-25-13)18(24)21-17-10-16(19(2,3)4)22-23(17)11-14-8-6-5-7-9-14/h5-10,12H,11H2,1-4H3,(H,21,24). The highest BCUT2D eigenvalue weighted by Gasteiger charge is 2.21. The number of thiazole rings is 1. The van der Waals surface area contributed by atoms with Gasteiger partial charge in [0.2, 0.25) is 0 Å². The van der Waals surface area contributed by atoms with Gasteiger partial charge in [0.1, 0.15) is 11.5 Å². The van der Waals surface area contributed by atoms with Crippen LogP contribution in [0.15, 0.2) is 41.8 Å². The molecule has 2 aromatic heterocycles. The largest absolute Gasteiger partial charge is 0.305 e. The normalized spacial score (nSPS) is 11.5. The van der Waals surface area contributed by atoms with E-state index in [0.717, 1.165) is 16.3 Å². The Morgan fingerprint density at radius 3 is 2.56 bits per heavy atom. The van der Waals surface area contributed by atoms with Gasteiger partial charge in [-0.25, -0.2) is 9.67 Å². The lowest BCUT2D eigenvalue weighted by atomic mass is 9.92. The summed E-state index contributed by atoms with van der Waals surface area (Å²) in [5.41, 5.74) is 2.41. The van der Waals surface area contributed by atoms with E-state index in [4.69, 9.17) is 5.10 Å². The van der Waals surface area contributed by atoms with Gasteiger partial charge < -0.3 is 5.32 Å². The smallest absolute Gasteiger partial charge is 0.276 e. The maximum absolute atomic E-state index is 12.5. The molecule has 0 atom stereocenters. The van der Waals surface area contributed by atoms with Crippen molar-refractivity contribution < 1.29 is 4.79 Å². The van der Waals surface area contributed by atoms with Crippen LogP contribution in [0, 0.1) is 6.92 Å². The summed E-state index contributed by atoms with van der Waals surface area (Å²) in [5.74, 6) is 0.475. The van der Waals surface area contributed by atoms with Gasteiger partial charge in [-0.2, -0.15) is 5.10 Å². The Morgan fingerprint density at radius 1 is 1.24 bits per heavy atom. The molecule has 25 heavy (non-hydrogen) atoms. The summed E-state index contributed by atoms with van der Waals surface area (Å²) in [7, 11) is 0. The van der Waals surface area contributed by atoms with Crippen molar-refractivity contribution in [1.82, 2.24) is 14.8 Å². The minimum atomic E-state index is -0.209. The monoisotopic (exact) mass is 354 g/mol. The number of hydrogen-bond acceptors (Lipinski definition) is 4. The average molecular weight is 354 g/mol. The predicted molar refractivity (Wildman–Crippen MR) is 101 cm³/mol. The topological polar surface area (TPSA) is 59.8 Å². The lowest BCUT2D eigenvalue weighted by Crippen LogP contribution is -2.16. The van der Waals surface area contributed by atoms with Gasteiger partial charge in [-0.05, 0) is 12.5 Å². The Kier molecular flexibility index (Phi) is 4.72. The van der Waals surface area contributed by atoms with Crippen molar-refractivity contribution in [3.63, 3.8) is 0 Å². The summed E-state index contributed by atoms with van der Waals surface area (Å²) < 4.78 is 1.84. The molecule has 1 amide bonds. The summed E-state index contributed by atoms with van der Waals surface area (Å²) in [5, 5.41) is 10.3. The molecule has 0 aliphatic rings. The number of nitrogens with zero attached hydrogens (tertiary/aromatic N) is 3. The van der Waals surface area contributed by atoms with Gasteiger partial charge in [0.05, 0.1) is 17.2 Å². The van der Waals surface area contributed by atoms with E-state index in [9.17, 15) is 4.79 Å². The summed E-state index contributed by atoms with van der Waals surface area (Å²) >= 11 is 1.47. The number of anilines is 1. The van der Waals surface area contributed by atoms with Crippen LogP contribution in [0.2, 0.25) is 0 Å². The Morgan fingerprint density at radius 2 is 1.96 bits per heavy atom. The van der Waals surface area contributed by atoms with E-state index in [1.807, 2.05) is 48.0 Å². The molecule has 1 N–H and O–H groups in total. The second-order valence-corrected chi connectivity index (χ2v) is 8.08. The zero-order chi connectivity index (χ0) is 18.0. The van der Waals surface area contributed by atoms with E-state index >= 15 is 0 Å². The first kappa shape index (κ1) is 17.4. The number of benzene rings is 1. The first-order chi connectivity index (χ1) is 11.8. The molecule has 5 nitrogen and oxygen atoms in total. The van der Waals surface area contributed by atoms with Gasteiger partial charge in [-0.3, -0.25) is 4.79 Å². The van der Waals surface area contributed by atoms with E-state index in [1.165, 1.54) is 11.3 Å². The summed E-state index contributed by atoms with van der Waals surface area (Å²) in [6, 6.07) is 12.0. The van der Waals surface area contributed by atoms with Gasteiger partial charge in [-0.15, -0.1) is 11.3 Å². The zero-order valence-electron chi connectivity index (χ0n) is 14.9. The van der Waals surface area contributed by atoms with Crippen LogP contribution < -0.4 is 5.32 Å². The molecule has 0 saturated carbocycles. The van der Waals surface area contributed by atoms with E-state index in [1.54, 1.807) is 5.38 Å². The number of amides is 1. The fourth-order valence-electron chi connectivity index (χ4n) is 2.41. The fourth-order valence-corrected chi connectivity index (χ4v) is 3.00. The van der Waals surface area contributed by atoms with Crippen molar-refractivity contribution in [2.45, 2.75) is 39.7 Å². The van der Waals surface area contributed by atoms with Crippen molar-refractivity contribution in [2.75, 3.05) is 5.32 Å². The number of rotatable bonds is 4. The minimum absolute atomic E-state index is 0.0986. The van der Waals surface area contributed by atoms with Crippen LogP contribution in [0.1, 0.15) is 47.5 Å². The molecule has 0 aliphatic heterocycles. The zero-order valence-corrected chi connectivity index (χ0v) is 15.7. The number of aromatic nitrogens is 3. The lowest BCUT2D eigenvalue weighted by molar-refractivity contribution is 0.102. The van der Waals surface area contributed by atoms with E-state index in [0.29, 0.717) is 18.1 Å². The third-order valence-corrected chi connectivity index (χ3v) is 4.59. The molecule has 0 radical (unpaired) electrons. The number of hydrogen-bond donors (Lipinski definition) is 1. The van der Waals surface area contributed by atoms with E-state index in [2.05, 4.69) is 31.1 Å². The van der Waals surface area contributed by atoms with Gasteiger partial charge in [0.25, 0.3) is 5.91 Å². The van der Waals surface area contributed by atoms with Crippen molar-refractivity contribution in [3.05, 3.63) is 63.7 Å². The Hall–Kier alpha value is -2.47. The molecule has 0 saturated heterocycles. The molecule has 3 rings (SSSR count). The van der Waals surface area contributed by atoms with Crippen LogP contribution in [0.25, 0.3) is 0 Å². The highest BCUT2D eigenvalue weighted by Crippen LogP contribution is 2.25. The predicted octanol–water partition coefficient (Wildman–Crippen LogP) is 4.25. The SMILES string of the molecule is Cc1nc(C(=O)Nc2cc(C(C)(C)C)nn2Cc2ccccc2)cs1. The number of carbonyl (C=O) groups excluding carboxylic acids is 1. The molecule has 0 unspecified atom stereocenters. The Bertz CT molecular complexity index is 874. The fraction of sp³-hybridized carbons (Fsp3) is 0.316. The molecular weight excluding hydrogens is 332 g/mol. The highest BCUT2D eigenvalue weighted by atomic mass is 32.1. The Labute approximate surface area is 151 Å². The molecule has 2 heterocycles. The molecule has 1 aromatic carbocycles. The molecular formula is C19H22N4OS. The van der Waals surface area contributed by atoms with Crippen molar-refractivity contribution in [2.24, 2.45) is 0 Å². The summed E-state index contributed by atoms with van der Waals surface area (Å²) in [4.78, 5) is 16.7. The van der Waals surface area contributed by atoms with Crippen LogP contribution in [0.4, 0.5) is 5.82 Å². The molecule has 0 aliphatic carbocycles. The average Bonchev–Trinajstić information content (AvgIpc) is 3.15. The lowest BCUT2D eigenvalue weighted by Gasteiger charge is -2.14. The number of nitrogens with one attached hydrogen (secondary N) is 1. The number of aryl methyl sites for hydroxylation is 1. The van der Waals surface area contributed by atoms with Crippen LogP contribution in [0.5, 0.6) is 0 Å². The van der Waals surface area contributed by atoms with Crippen LogP contribution in [0.3, 0.4) is 0 Å². The van der Waals surface area contributed by atoms with Crippen LogP contribution in [-0.2, 0) is 12.0 Å². The molecule has 3 aromatic rings. The molecule has 0 spiro atoms. The van der Waals surface area contributed by atoms with Crippen molar-refractivity contribution in [3.8, 4) is 0 Å². The maximum Gasteiger partial charge on any atom is 0.276 e. The third-order valence-electron chi connectivity index (χ3n) is 3.82. The third kappa shape index (κ3) is 4.14. The minimum Gasteiger partial charge on any atom is -0.305 e. The van der Waals surface area contributed by atoms with Crippen molar-refractivity contribution in [1.29, 1.82) is 0 Å². The van der Waals surface area contributed by atoms with Gasteiger partial charge in [-0.1, -0.05) is 51.1 Å². The van der Waals surface area contributed by atoms with Crippen molar-refractivity contribution >= 4 is 23.1 Å². The highest BCUT2D eigenvalue weighted by molar-refractivity contribution is 7.09. The summed E-state index contributed by atoms with van der Waals surface area (Å²) in [6.45, 7) is 8.81. The number of carbonyl (C=O) groups is 1. The first-order valence-electron chi connectivity index (χ1n) is 8.18. The second-order valence-electron chi connectivity index (χ2n) is 7.01. The molecule has 0 bridgehead atoms. The second kappa shape index (κ2) is 6.80. The van der Waals surface area contributed by atoms with Gasteiger partial charge >= 0.3 is 0 Å². The van der Waals surface area contributed by atoms with E-state index in [-0.39, 0.29) is 11.3 Å². The van der Waals surface area contributed by atoms with Gasteiger partial charge in [0, 0.05) is 16.9 Å². The maximum atomic E-state index is 12.5. The molecule has 6 heteroatoms. The van der Waals surface area contributed by atoms with Crippen LogP contribution >= 0.6 is 11.3 Å². The molecule has 130 valence electrons. The van der Waals surface area contributed by atoms with E-state index < -0.39 is 0 Å². The molecule has 0 fully saturated rings. The first-order valence-corrected chi connectivity index (χ1v) is 9.06. The van der Waals surface area contributed by atoms with Gasteiger partial charge in [0.15, 0.2) is 0 Å². The quantitative estimate of drug-likeness (QED) is 0.762. The van der Waals surface area contributed by atoms with Crippen LogP contribution in [-0.4, -0.2) is 20.7 Å². The Balaban J connectivity index is 1.90. The summed E-state index contributed by atoms with van der Waals surface area (Å²) in [6.07, 6.45) is 0.